The van der Waals surface area contributed by atoms with Gasteiger partial charge in [0.2, 0.25) is 0 Å². The minimum absolute atomic E-state index is 0.822. The van der Waals surface area contributed by atoms with Crippen molar-refractivity contribution in [2.24, 2.45) is 11.8 Å². The Labute approximate surface area is 94.2 Å². The summed E-state index contributed by atoms with van der Waals surface area (Å²) in [5.74, 6) is 1.93. The van der Waals surface area contributed by atoms with E-state index in [1.165, 1.54) is 58.2 Å². The number of nitrogens with one attached hydrogen (secondary N) is 2. The average molecular weight is 210 g/mol. The van der Waals surface area contributed by atoms with Gasteiger partial charge in [-0.15, -0.1) is 0 Å². The summed E-state index contributed by atoms with van der Waals surface area (Å²) in [6.45, 7) is 6.15. The van der Waals surface area contributed by atoms with E-state index in [1.54, 1.807) is 0 Å². The fraction of sp³-hybridized carbons (Fsp3) is 1.00. The molecule has 88 valence electrons. The molecule has 15 heavy (non-hydrogen) atoms. The third-order valence-corrected chi connectivity index (χ3v) is 4.11. The standard InChI is InChI=1S/C13H26N2/c1-11-3-2-4-13(6-5-11)15-8-7-12-9-14-10-12/h11-15H,2-10H2,1H3. The Bertz CT molecular complexity index is 177. The van der Waals surface area contributed by atoms with Crippen LogP contribution >= 0.6 is 0 Å². The van der Waals surface area contributed by atoms with Crippen LogP contribution in [0.3, 0.4) is 0 Å². The molecule has 1 aliphatic carbocycles. The molecule has 2 atom stereocenters. The van der Waals surface area contributed by atoms with Crippen molar-refractivity contribution in [1.29, 1.82) is 0 Å². The maximum atomic E-state index is 3.75. The van der Waals surface area contributed by atoms with Crippen LogP contribution in [0.2, 0.25) is 0 Å². The summed E-state index contributed by atoms with van der Waals surface area (Å²) in [5, 5.41) is 7.09. The quantitative estimate of drug-likeness (QED) is 0.695. The van der Waals surface area contributed by atoms with Gasteiger partial charge in [-0.3, -0.25) is 0 Å². The largest absolute Gasteiger partial charge is 0.316 e. The zero-order valence-corrected chi connectivity index (χ0v) is 10.1. The molecule has 1 heterocycles. The summed E-state index contributed by atoms with van der Waals surface area (Å²) in [5.41, 5.74) is 0. The van der Waals surface area contributed by atoms with Gasteiger partial charge < -0.3 is 10.6 Å². The van der Waals surface area contributed by atoms with Gasteiger partial charge in [-0.1, -0.05) is 19.8 Å². The first-order valence-electron chi connectivity index (χ1n) is 6.78. The molecule has 1 aliphatic heterocycles. The summed E-state index contributed by atoms with van der Waals surface area (Å²) in [4.78, 5) is 0. The molecule has 2 nitrogen and oxygen atoms in total. The average Bonchev–Trinajstić information content (AvgIpc) is 2.35. The lowest BCUT2D eigenvalue weighted by atomic mass is 9.99. The summed E-state index contributed by atoms with van der Waals surface area (Å²) in [7, 11) is 0. The molecule has 0 aromatic rings. The number of hydrogen-bond acceptors (Lipinski definition) is 2. The van der Waals surface area contributed by atoms with Gasteiger partial charge in [0.15, 0.2) is 0 Å². The van der Waals surface area contributed by atoms with Crippen molar-refractivity contribution < 1.29 is 0 Å². The van der Waals surface area contributed by atoms with Crippen molar-refractivity contribution in [1.82, 2.24) is 10.6 Å². The summed E-state index contributed by atoms with van der Waals surface area (Å²) >= 11 is 0. The van der Waals surface area contributed by atoms with Gasteiger partial charge in [-0.2, -0.15) is 0 Å². The van der Waals surface area contributed by atoms with E-state index in [-0.39, 0.29) is 0 Å². The molecular formula is C13H26N2. The highest BCUT2D eigenvalue weighted by Gasteiger charge is 2.18. The lowest BCUT2D eigenvalue weighted by Crippen LogP contribution is -2.44. The second-order valence-corrected chi connectivity index (χ2v) is 5.58. The van der Waals surface area contributed by atoms with E-state index in [4.69, 9.17) is 0 Å². The number of hydrogen-bond donors (Lipinski definition) is 2. The van der Waals surface area contributed by atoms with Crippen LogP contribution in [0, 0.1) is 11.8 Å². The highest BCUT2D eigenvalue weighted by atomic mass is 15.0. The molecule has 1 saturated heterocycles. The van der Waals surface area contributed by atoms with Crippen LogP contribution in [0.4, 0.5) is 0 Å². The van der Waals surface area contributed by atoms with E-state index in [2.05, 4.69) is 17.6 Å². The molecule has 0 aromatic carbocycles. The van der Waals surface area contributed by atoms with Crippen LogP contribution in [-0.4, -0.2) is 25.7 Å². The molecule has 2 aliphatic rings. The molecule has 0 bridgehead atoms. The first-order chi connectivity index (χ1) is 7.34. The van der Waals surface area contributed by atoms with E-state index < -0.39 is 0 Å². The second-order valence-electron chi connectivity index (χ2n) is 5.58. The maximum Gasteiger partial charge on any atom is 0.00671 e. The normalized spacial score (nSPS) is 33.4. The van der Waals surface area contributed by atoms with Crippen LogP contribution < -0.4 is 10.6 Å². The summed E-state index contributed by atoms with van der Waals surface area (Å²) < 4.78 is 0. The minimum Gasteiger partial charge on any atom is -0.316 e. The summed E-state index contributed by atoms with van der Waals surface area (Å²) in [6, 6.07) is 0.822. The van der Waals surface area contributed by atoms with E-state index in [9.17, 15) is 0 Å². The Morgan fingerprint density at radius 3 is 2.73 bits per heavy atom. The Balaban J connectivity index is 1.56. The molecule has 2 unspecified atom stereocenters. The van der Waals surface area contributed by atoms with E-state index in [1.807, 2.05) is 0 Å². The van der Waals surface area contributed by atoms with Gasteiger partial charge >= 0.3 is 0 Å². The Morgan fingerprint density at radius 2 is 2.00 bits per heavy atom. The summed E-state index contributed by atoms with van der Waals surface area (Å²) in [6.07, 6.45) is 8.51. The first kappa shape index (κ1) is 11.4. The van der Waals surface area contributed by atoms with E-state index in [0.29, 0.717) is 0 Å². The third-order valence-electron chi connectivity index (χ3n) is 4.11. The monoisotopic (exact) mass is 210 g/mol. The van der Waals surface area contributed by atoms with Crippen molar-refractivity contribution in [2.45, 2.75) is 51.5 Å². The highest BCUT2D eigenvalue weighted by Crippen LogP contribution is 2.22. The highest BCUT2D eigenvalue weighted by molar-refractivity contribution is 4.77. The molecule has 1 saturated carbocycles. The predicted molar refractivity (Wildman–Crippen MR) is 65.0 cm³/mol. The molecule has 0 spiro atoms. The van der Waals surface area contributed by atoms with Crippen molar-refractivity contribution in [3.8, 4) is 0 Å². The molecule has 2 heteroatoms. The van der Waals surface area contributed by atoms with Gasteiger partial charge in [0.1, 0.15) is 0 Å². The zero-order chi connectivity index (χ0) is 10.5. The molecule has 0 aromatic heterocycles. The van der Waals surface area contributed by atoms with Gasteiger partial charge in [0.05, 0.1) is 0 Å². The van der Waals surface area contributed by atoms with Crippen LogP contribution in [0.5, 0.6) is 0 Å². The van der Waals surface area contributed by atoms with Gasteiger partial charge in [0.25, 0.3) is 0 Å². The van der Waals surface area contributed by atoms with E-state index in [0.717, 1.165) is 17.9 Å². The lowest BCUT2D eigenvalue weighted by Gasteiger charge is -2.28. The third kappa shape index (κ3) is 3.76. The Hall–Kier alpha value is -0.0800. The van der Waals surface area contributed by atoms with Crippen LogP contribution in [0.25, 0.3) is 0 Å². The molecular weight excluding hydrogens is 184 g/mol. The Morgan fingerprint density at radius 1 is 1.13 bits per heavy atom. The first-order valence-corrected chi connectivity index (χ1v) is 6.78. The van der Waals surface area contributed by atoms with Crippen LogP contribution in [0.15, 0.2) is 0 Å². The van der Waals surface area contributed by atoms with Crippen molar-refractivity contribution >= 4 is 0 Å². The topological polar surface area (TPSA) is 24.1 Å². The van der Waals surface area contributed by atoms with Crippen molar-refractivity contribution in [2.75, 3.05) is 19.6 Å². The SMILES string of the molecule is CC1CCCC(NCCC2CNC2)CC1. The maximum absolute atomic E-state index is 3.75. The number of rotatable bonds is 4. The minimum atomic E-state index is 0.822. The predicted octanol–water partition coefficient (Wildman–Crippen LogP) is 2.15. The van der Waals surface area contributed by atoms with Crippen molar-refractivity contribution in [3.63, 3.8) is 0 Å². The zero-order valence-electron chi connectivity index (χ0n) is 10.1. The van der Waals surface area contributed by atoms with Crippen molar-refractivity contribution in [3.05, 3.63) is 0 Å². The molecule has 0 amide bonds. The van der Waals surface area contributed by atoms with Gasteiger partial charge in [0, 0.05) is 6.04 Å². The Kier molecular flexibility index (Phi) is 4.45. The smallest absolute Gasteiger partial charge is 0.00671 e. The lowest BCUT2D eigenvalue weighted by molar-refractivity contribution is 0.312. The second kappa shape index (κ2) is 5.86. The molecule has 2 N–H and O–H groups in total. The molecule has 2 fully saturated rings. The molecule has 2 rings (SSSR count). The molecule has 0 radical (unpaired) electrons. The van der Waals surface area contributed by atoms with Crippen LogP contribution in [-0.2, 0) is 0 Å². The van der Waals surface area contributed by atoms with Gasteiger partial charge in [-0.05, 0) is 57.2 Å². The van der Waals surface area contributed by atoms with E-state index >= 15 is 0 Å². The van der Waals surface area contributed by atoms with Gasteiger partial charge in [-0.25, -0.2) is 0 Å². The van der Waals surface area contributed by atoms with Crippen LogP contribution in [0.1, 0.15) is 45.4 Å². The fourth-order valence-corrected chi connectivity index (χ4v) is 2.74. The fourth-order valence-electron chi connectivity index (χ4n) is 2.74.